The molecule has 6 heteroatoms. The fourth-order valence-corrected chi connectivity index (χ4v) is 2.18. The molecule has 1 rings (SSSR count). The molecule has 1 fully saturated rings. The van der Waals surface area contributed by atoms with Crippen LogP contribution in [-0.4, -0.2) is 25.4 Å². The van der Waals surface area contributed by atoms with Crippen LogP contribution in [0.15, 0.2) is 0 Å². The van der Waals surface area contributed by atoms with Crippen molar-refractivity contribution in [1.29, 1.82) is 0 Å². The SMILES string of the molecule is CCOC(=O)C1CCC(C(F)F)(C(F)F)CC1. The smallest absolute Gasteiger partial charge is 0.308 e. The average Bonchev–Trinajstić information content (AvgIpc) is 2.28. The minimum Gasteiger partial charge on any atom is -0.466 e. The Hall–Kier alpha value is -0.810. The molecule has 1 saturated carbocycles. The van der Waals surface area contributed by atoms with Crippen LogP contribution < -0.4 is 0 Å². The van der Waals surface area contributed by atoms with E-state index in [1.54, 1.807) is 6.92 Å². The van der Waals surface area contributed by atoms with Gasteiger partial charge in [0.15, 0.2) is 0 Å². The third-order valence-corrected chi connectivity index (χ3v) is 3.41. The van der Waals surface area contributed by atoms with E-state index in [0.717, 1.165) is 0 Å². The predicted octanol–water partition coefficient (Wildman–Crippen LogP) is 3.26. The van der Waals surface area contributed by atoms with Gasteiger partial charge in [-0.1, -0.05) is 0 Å². The van der Waals surface area contributed by atoms with Gasteiger partial charge in [0.05, 0.1) is 17.9 Å². The quantitative estimate of drug-likeness (QED) is 0.570. The summed E-state index contributed by atoms with van der Waals surface area (Å²) in [6, 6.07) is 0. The van der Waals surface area contributed by atoms with Crippen LogP contribution in [0.25, 0.3) is 0 Å². The molecule has 0 amide bonds. The first-order valence-corrected chi connectivity index (χ1v) is 5.67. The van der Waals surface area contributed by atoms with Crippen LogP contribution in [0.2, 0.25) is 0 Å². The number of carbonyl (C=O) groups is 1. The van der Waals surface area contributed by atoms with Crippen molar-refractivity contribution in [3.63, 3.8) is 0 Å². The van der Waals surface area contributed by atoms with Crippen LogP contribution in [0, 0.1) is 11.3 Å². The molecule has 2 nitrogen and oxygen atoms in total. The number of alkyl halides is 4. The van der Waals surface area contributed by atoms with E-state index in [1.165, 1.54) is 0 Å². The predicted molar refractivity (Wildman–Crippen MR) is 53.0 cm³/mol. The summed E-state index contributed by atoms with van der Waals surface area (Å²) in [5, 5.41) is 0. The molecule has 0 saturated heterocycles. The maximum Gasteiger partial charge on any atom is 0.308 e. The molecule has 0 aromatic carbocycles. The number of halogens is 4. The van der Waals surface area contributed by atoms with Gasteiger partial charge in [0, 0.05) is 0 Å². The van der Waals surface area contributed by atoms with Crippen molar-refractivity contribution >= 4 is 5.97 Å². The highest BCUT2D eigenvalue weighted by molar-refractivity contribution is 5.72. The summed E-state index contributed by atoms with van der Waals surface area (Å²) in [6.45, 7) is 1.85. The highest BCUT2D eigenvalue weighted by atomic mass is 19.3. The second-order valence-electron chi connectivity index (χ2n) is 4.36. The number of esters is 1. The lowest BCUT2D eigenvalue weighted by atomic mass is 9.71. The zero-order valence-corrected chi connectivity index (χ0v) is 9.60. The van der Waals surface area contributed by atoms with Crippen molar-refractivity contribution < 1.29 is 27.1 Å². The van der Waals surface area contributed by atoms with Gasteiger partial charge in [-0.25, -0.2) is 17.6 Å². The molecule has 0 aromatic heterocycles. The fourth-order valence-electron chi connectivity index (χ4n) is 2.18. The van der Waals surface area contributed by atoms with Crippen molar-refractivity contribution in [2.75, 3.05) is 6.61 Å². The lowest BCUT2D eigenvalue weighted by molar-refractivity contribution is -0.159. The molecule has 1 aliphatic rings. The van der Waals surface area contributed by atoms with Crippen molar-refractivity contribution in [3.8, 4) is 0 Å². The number of ether oxygens (including phenoxy) is 1. The van der Waals surface area contributed by atoms with Crippen LogP contribution in [0.4, 0.5) is 17.6 Å². The topological polar surface area (TPSA) is 26.3 Å². The van der Waals surface area contributed by atoms with E-state index in [-0.39, 0.29) is 32.3 Å². The monoisotopic (exact) mass is 256 g/mol. The third kappa shape index (κ3) is 2.90. The molecule has 1 aliphatic carbocycles. The van der Waals surface area contributed by atoms with Gasteiger partial charge in [-0.3, -0.25) is 4.79 Å². The Balaban J connectivity index is 2.62. The Bertz CT molecular complexity index is 250. The molecule has 0 unspecified atom stereocenters. The van der Waals surface area contributed by atoms with Crippen LogP contribution in [0.1, 0.15) is 32.6 Å². The summed E-state index contributed by atoms with van der Waals surface area (Å²) in [5.74, 6) is -0.981. The maximum atomic E-state index is 12.7. The molecule has 0 bridgehead atoms. The molecule has 0 atom stereocenters. The summed E-state index contributed by atoms with van der Waals surface area (Å²) in [4.78, 5) is 11.4. The van der Waals surface area contributed by atoms with E-state index in [1.807, 2.05) is 0 Å². The summed E-state index contributed by atoms with van der Waals surface area (Å²) in [6.07, 6.45) is -6.66. The van der Waals surface area contributed by atoms with E-state index < -0.39 is 30.2 Å². The average molecular weight is 256 g/mol. The van der Waals surface area contributed by atoms with E-state index in [9.17, 15) is 22.4 Å². The maximum absolute atomic E-state index is 12.7. The molecule has 0 spiro atoms. The number of rotatable bonds is 4. The van der Waals surface area contributed by atoms with Gasteiger partial charge in [-0.15, -0.1) is 0 Å². The van der Waals surface area contributed by atoms with Crippen LogP contribution in [-0.2, 0) is 9.53 Å². The van der Waals surface area contributed by atoms with Gasteiger partial charge in [0.2, 0.25) is 12.9 Å². The second kappa shape index (κ2) is 5.69. The molecular formula is C11H16F4O2. The van der Waals surface area contributed by atoms with E-state index in [0.29, 0.717) is 0 Å². The van der Waals surface area contributed by atoms with Gasteiger partial charge >= 0.3 is 5.97 Å². The van der Waals surface area contributed by atoms with Gasteiger partial charge < -0.3 is 4.74 Å². The highest BCUT2D eigenvalue weighted by Crippen LogP contribution is 2.47. The largest absolute Gasteiger partial charge is 0.466 e. The van der Waals surface area contributed by atoms with Gasteiger partial charge in [-0.05, 0) is 32.6 Å². The molecule has 17 heavy (non-hydrogen) atoms. The van der Waals surface area contributed by atoms with Crippen molar-refractivity contribution in [1.82, 2.24) is 0 Å². The minimum absolute atomic E-state index is 0.0491. The van der Waals surface area contributed by atoms with Crippen molar-refractivity contribution in [2.24, 2.45) is 11.3 Å². The summed E-state index contributed by atoms with van der Waals surface area (Å²) >= 11 is 0. The van der Waals surface area contributed by atoms with Gasteiger partial charge in [0.25, 0.3) is 0 Å². The van der Waals surface area contributed by atoms with E-state index in [4.69, 9.17) is 4.74 Å². The molecule has 0 N–H and O–H groups in total. The Morgan fingerprint density at radius 1 is 1.24 bits per heavy atom. The lowest BCUT2D eigenvalue weighted by Gasteiger charge is -2.37. The first kappa shape index (κ1) is 14.3. The molecular weight excluding hydrogens is 240 g/mol. The number of hydrogen-bond donors (Lipinski definition) is 0. The van der Waals surface area contributed by atoms with E-state index in [2.05, 4.69) is 0 Å². The van der Waals surface area contributed by atoms with Crippen LogP contribution >= 0.6 is 0 Å². The summed E-state index contributed by atoms with van der Waals surface area (Å²) < 4.78 is 55.6. The second-order valence-corrected chi connectivity index (χ2v) is 4.36. The van der Waals surface area contributed by atoms with Gasteiger partial charge in [-0.2, -0.15) is 0 Å². The summed E-state index contributed by atoms with van der Waals surface area (Å²) in [7, 11) is 0. The standard InChI is InChI=1S/C11H16F4O2/c1-2-17-8(16)7-3-5-11(6-4-7,9(12)13)10(14)15/h7,9-10H,2-6H2,1H3. The Morgan fingerprint density at radius 3 is 2.06 bits per heavy atom. The van der Waals surface area contributed by atoms with Gasteiger partial charge in [0.1, 0.15) is 0 Å². The molecule has 0 aliphatic heterocycles. The first-order chi connectivity index (χ1) is 7.94. The minimum atomic E-state index is -3.05. The van der Waals surface area contributed by atoms with Crippen molar-refractivity contribution in [2.45, 2.75) is 45.5 Å². The Morgan fingerprint density at radius 2 is 1.71 bits per heavy atom. The Kier molecular flexibility index (Phi) is 4.77. The zero-order valence-electron chi connectivity index (χ0n) is 9.60. The molecule has 0 heterocycles. The molecule has 0 aromatic rings. The van der Waals surface area contributed by atoms with Crippen LogP contribution in [0.5, 0.6) is 0 Å². The zero-order chi connectivity index (χ0) is 13.1. The highest BCUT2D eigenvalue weighted by Gasteiger charge is 2.51. The first-order valence-electron chi connectivity index (χ1n) is 5.67. The fraction of sp³-hybridized carbons (Fsp3) is 0.909. The number of carbonyl (C=O) groups excluding carboxylic acids is 1. The molecule has 100 valence electrons. The van der Waals surface area contributed by atoms with Crippen LogP contribution in [0.3, 0.4) is 0 Å². The molecule has 0 radical (unpaired) electrons. The third-order valence-electron chi connectivity index (χ3n) is 3.41. The Labute approximate surface area is 97.3 Å². The number of hydrogen-bond acceptors (Lipinski definition) is 2. The summed E-state index contributed by atoms with van der Waals surface area (Å²) in [5.41, 5.74) is -2.23. The normalized spacial score (nSPS) is 20.9. The lowest BCUT2D eigenvalue weighted by Crippen LogP contribution is -2.42. The van der Waals surface area contributed by atoms with Crippen molar-refractivity contribution in [3.05, 3.63) is 0 Å². The van der Waals surface area contributed by atoms with E-state index >= 15 is 0 Å².